The minimum absolute atomic E-state index is 0.137. The second-order valence-corrected chi connectivity index (χ2v) is 8.34. The fourth-order valence-electron chi connectivity index (χ4n) is 3.83. The molecule has 2 fully saturated rings. The van der Waals surface area contributed by atoms with E-state index in [9.17, 15) is 19.2 Å². The van der Waals surface area contributed by atoms with E-state index in [4.69, 9.17) is 34.2 Å². The van der Waals surface area contributed by atoms with E-state index in [2.05, 4.69) is 0 Å². The van der Waals surface area contributed by atoms with Crippen LogP contribution in [0.2, 0.25) is 0 Å². The average molecular weight is 445 g/mol. The highest BCUT2D eigenvalue weighted by atomic mass is 16.8. The Hall–Kier alpha value is -2.56. The maximum absolute atomic E-state index is 12.6. The predicted octanol–water partition coefficient (Wildman–Crippen LogP) is 2.24. The topological polar surface area (TPSA) is 150 Å². The van der Waals surface area contributed by atoms with Crippen molar-refractivity contribution in [2.75, 3.05) is 0 Å². The molecule has 0 spiro atoms. The first-order chi connectivity index (χ1) is 14.3. The lowest BCUT2D eigenvalue weighted by Crippen LogP contribution is -2.51. The average Bonchev–Trinajstić information content (AvgIpc) is 3.23. The first-order valence-electron chi connectivity index (χ1n) is 10.3. The Kier molecular flexibility index (Phi) is 7.74. The van der Waals surface area contributed by atoms with Gasteiger partial charge < -0.3 is 34.2 Å². The normalized spacial score (nSPS) is 28.2. The van der Waals surface area contributed by atoms with Gasteiger partial charge in [-0.25, -0.2) is 14.4 Å². The van der Waals surface area contributed by atoms with Crippen LogP contribution in [0.15, 0.2) is 0 Å². The number of hydrogen-bond acceptors (Lipinski definition) is 11. The van der Waals surface area contributed by atoms with Crippen LogP contribution < -0.4 is 5.73 Å². The molecular formula is C20H31NO10. The summed E-state index contributed by atoms with van der Waals surface area (Å²) in [6.45, 7) is 9.36. The van der Waals surface area contributed by atoms with Gasteiger partial charge in [-0.15, -0.1) is 0 Å². The van der Waals surface area contributed by atoms with Crippen LogP contribution in [0.4, 0.5) is 9.59 Å². The molecule has 2 unspecified atom stereocenters. The zero-order chi connectivity index (χ0) is 23.5. The molecule has 0 radical (unpaired) electrons. The molecule has 176 valence electrons. The minimum Gasteiger partial charge on any atom is -0.431 e. The van der Waals surface area contributed by atoms with Gasteiger partial charge in [0.2, 0.25) is 12.6 Å². The first-order valence-corrected chi connectivity index (χ1v) is 10.3. The highest BCUT2D eigenvalue weighted by Crippen LogP contribution is 2.62. The molecule has 31 heavy (non-hydrogen) atoms. The van der Waals surface area contributed by atoms with Crippen molar-refractivity contribution in [1.82, 2.24) is 0 Å². The van der Waals surface area contributed by atoms with Gasteiger partial charge in [0.25, 0.3) is 0 Å². The lowest BCUT2D eigenvalue weighted by atomic mass is 9.91. The zero-order valence-corrected chi connectivity index (χ0v) is 18.6. The summed E-state index contributed by atoms with van der Waals surface area (Å²) < 4.78 is 29.7. The number of esters is 2. The molecule has 0 saturated heterocycles. The molecule has 0 heterocycles. The van der Waals surface area contributed by atoms with Crippen molar-refractivity contribution < 1.29 is 47.6 Å². The van der Waals surface area contributed by atoms with Crippen molar-refractivity contribution in [3.63, 3.8) is 0 Å². The molecule has 2 N–H and O–H groups in total. The third-order valence-electron chi connectivity index (χ3n) is 5.05. The van der Waals surface area contributed by atoms with Crippen LogP contribution in [-0.4, -0.2) is 54.6 Å². The molecule has 6 atom stereocenters. The second kappa shape index (κ2) is 9.71. The summed E-state index contributed by atoms with van der Waals surface area (Å²) in [5.41, 5.74) is 4.87. The van der Waals surface area contributed by atoms with Gasteiger partial charge in [0, 0.05) is 19.8 Å². The molecule has 0 aromatic rings. The van der Waals surface area contributed by atoms with Gasteiger partial charge >= 0.3 is 24.2 Å². The quantitative estimate of drug-likeness (QED) is 0.333. The molecule has 0 amide bonds. The molecule has 2 saturated carbocycles. The molecule has 0 aromatic carbocycles. The Bertz CT molecular complexity index is 708. The number of fused-ring (bicyclic) bond motifs is 1. The fourth-order valence-corrected chi connectivity index (χ4v) is 3.83. The molecule has 0 bridgehead atoms. The Morgan fingerprint density at radius 3 is 1.74 bits per heavy atom. The van der Waals surface area contributed by atoms with E-state index in [-0.39, 0.29) is 18.1 Å². The van der Waals surface area contributed by atoms with Crippen molar-refractivity contribution >= 4 is 24.2 Å². The van der Waals surface area contributed by atoms with Crippen LogP contribution in [0.3, 0.4) is 0 Å². The van der Waals surface area contributed by atoms with Gasteiger partial charge in [-0.2, -0.15) is 0 Å². The standard InChI is InChI=1S/C20H31NO10/c1-9(2)26-18(24)30-11(5)28-16(22)14-13-7-8-20(21,15(13)14)17(23)29-12(6)31-19(25)27-10(3)4/h9-15H,7-8,21H2,1-6H3/t11?,12?,13-,14-,15-,20-/m0/s1. The number of carbonyl (C=O) groups is 4. The summed E-state index contributed by atoms with van der Waals surface area (Å²) in [5, 5.41) is 0. The molecular weight excluding hydrogens is 414 g/mol. The monoisotopic (exact) mass is 445 g/mol. The van der Waals surface area contributed by atoms with Gasteiger partial charge in [0.15, 0.2) is 0 Å². The molecule has 2 aliphatic carbocycles. The summed E-state index contributed by atoms with van der Waals surface area (Å²) in [4.78, 5) is 48.1. The number of hydrogen-bond donors (Lipinski definition) is 1. The summed E-state index contributed by atoms with van der Waals surface area (Å²) >= 11 is 0. The summed E-state index contributed by atoms with van der Waals surface area (Å²) in [5.74, 6) is -2.61. The van der Waals surface area contributed by atoms with Crippen LogP contribution in [0.1, 0.15) is 54.4 Å². The summed E-state index contributed by atoms with van der Waals surface area (Å²) in [7, 11) is 0. The van der Waals surface area contributed by atoms with Crippen molar-refractivity contribution in [2.24, 2.45) is 23.5 Å². The van der Waals surface area contributed by atoms with E-state index in [1.165, 1.54) is 13.8 Å². The number of nitrogens with two attached hydrogens (primary N) is 1. The van der Waals surface area contributed by atoms with E-state index < -0.39 is 54.2 Å². The number of rotatable bonds is 8. The lowest BCUT2D eigenvalue weighted by molar-refractivity contribution is -0.176. The highest BCUT2D eigenvalue weighted by Gasteiger charge is 2.71. The zero-order valence-electron chi connectivity index (χ0n) is 18.6. The third-order valence-corrected chi connectivity index (χ3v) is 5.05. The number of carbonyl (C=O) groups excluding carboxylic acids is 4. The van der Waals surface area contributed by atoms with Gasteiger partial charge in [-0.1, -0.05) is 0 Å². The maximum atomic E-state index is 12.6. The molecule has 11 heteroatoms. The largest absolute Gasteiger partial charge is 0.511 e. The fraction of sp³-hybridized carbons (Fsp3) is 0.800. The molecule has 11 nitrogen and oxygen atoms in total. The predicted molar refractivity (Wildman–Crippen MR) is 103 cm³/mol. The van der Waals surface area contributed by atoms with E-state index >= 15 is 0 Å². The Balaban J connectivity index is 1.87. The van der Waals surface area contributed by atoms with Gasteiger partial charge in [-0.05, 0) is 46.5 Å². The third kappa shape index (κ3) is 6.22. The SMILES string of the molecule is CC(C)OC(=O)OC(C)OC(=O)[C@H]1[C@@H]2CC[C@@](N)(C(=O)OC(C)OC(=O)OC(C)C)[C@@H]21. The van der Waals surface area contributed by atoms with Gasteiger partial charge in [-0.3, -0.25) is 4.79 Å². The Labute approximate surface area is 180 Å². The van der Waals surface area contributed by atoms with Crippen molar-refractivity contribution in [3.05, 3.63) is 0 Å². The molecule has 2 aliphatic rings. The molecule has 2 rings (SSSR count). The maximum Gasteiger partial charge on any atom is 0.511 e. The van der Waals surface area contributed by atoms with E-state index in [0.717, 1.165) is 0 Å². The van der Waals surface area contributed by atoms with Crippen molar-refractivity contribution in [1.29, 1.82) is 0 Å². The highest BCUT2D eigenvalue weighted by molar-refractivity contribution is 5.87. The van der Waals surface area contributed by atoms with E-state index in [0.29, 0.717) is 12.8 Å². The Morgan fingerprint density at radius 1 is 0.774 bits per heavy atom. The van der Waals surface area contributed by atoms with Gasteiger partial charge in [0.1, 0.15) is 5.54 Å². The van der Waals surface area contributed by atoms with Crippen LogP contribution in [0.25, 0.3) is 0 Å². The van der Waals surface area contributed by atoms with E-state index in [1.54, 1.807) is 27.7 Å². The summed E-state index contributed by atoms with van der Waals surface area (Å²) in [6, 6.07) is 0. The smallest absolute Gasteiger partial charge is 0.431 e. The lowest BCUT2D eigenvalue weighted by Gasteiger charge is -2.27. The number of ether oxygens (including phenoxy) is 6. The first kappa shape index (κ1) is 24.7. The second-order valence-electron chi connectivity index (χ2n) is 8.34. The molecule has 0 aliphatic heterocycles. The summed E-state index contributed by atoms with van der Waals surface area (Å²) in [6.07, 6.45) is -4.19. The van der Waals surface area contributed by atoms with Crippen molar-refractivity contribution in [3.8, 4) is 0 Å². The van der Waals surface area contributed by atoms with Crippen LogP contribution in [-0.2, 0) is 38.0 Å². The van der Waals surface area contributed by atoms with Crippen molar-refractivity contribution in [2.45, 2.75) is 84.7 Å². The van der Waals surface area contributed by atoms with Crippen LogP contribution in [0, 0.1) is 17.8 Å². The molecule has 0 aromatic heterocycles. The van der Waals surface area contributed by atoms with E-state index in [1.807, 2.05) is 0 Å². The Morgan fingerprint density at radius 2 is 1.26 bits per heavy atom. The van der Waals surface area contributed by atoms with Gasteiger partial charge in [0.05, 0.1) is 18.1 Å². The van der Waals surface area contributed by atoms with Crippen LogP contribution >= 0.6 is 0 Å². The van der Waals surface area contributed by atoms with Crippen LogP contribution in [0.5, 0.6) is 0 Å². The minimum atomic E-state index is -1.41.